The van der Waals surface area contributed by atoms with Crippen LogP contribution >= 0.6 is 0 Å². The first kappa shape index (κ1) is 27.5. The summed E-state index contributed by atoms with van der Waals surface area (Å²) in [5.74, 6) is -2.52. The molecule has 35 heavy (non-hydrogen) atoms. The van der Waals surface area contributed by atoms with Crippen LogP contribution in [0.1, 0.15) is 53.0 Å². The minimum absolute atomic E-state index is 0.0692. The molecule has 2 rings (SSSR count). The molecule has 0 spiro atoms. The molecule has 0 aliphatic rings. The van der Waals surface area contributed by atoms with E-state index >= 15 is 0 Å². The number of carbonyl (C=O) groups excluding carboxylic acids is 4. The number of nitrogens with zero attached hydrogens (tertiary/aromatic N) is 2. The number of esters is 2. The maximum Gasteiger partial charge on any atom is 0.328 e. The molecule has 1 heterocycles. The first-order chi connectivity index (χ1) is 16.4. The van der Waals surface area contributed by atoms with Crippen LogP contribution in [0.5, 0.6) is 0 Å². The van der Waals surface area contributed by atoms with Gasteiger partial charge in [0.15, 0.2) is 6.10 Å². The number of Topliss-reactive ketones (excluding diaryl/α,β-unsaturated/α-hetero) is 1. The van der Waals surface area contributed by atoms with E-state index in [-0.39, 0.29) is 19.3 Å². The van der Waals surface area contributed by atoms with E-state index in [0.717, 1.165) is 22.7 Å². The van der Waals surface area contributed by atoms with Crippen LogP contribution < -0.4 is 5.32 Å². The summed E-state index contributed by atoms with van der Waals surface area (Å²) < 4.78 is 10.8. The third-order valence-corrected chi connectivity index (χ3v) is 5.07. The van der Waals surface area contributed by atoms with Crippen molar-refractivity contribution in [3.63, 3.8) is 0 Å². The van der Waals surface area contributed by atoms with Gasteiger partial charge in [-0.15, -0.1) is 0 Å². The lowest BCUT2D eigenvalue weighted by Crippen LogP contribution is -2.49. The Kier molecular flexibility index (Phi) is 9.48. The van der Waals surface area contributed by atoms with Crippen molar-refractivity contribution in [2.45, 2.75) is 72.1 Å². The molecule has 10 heteroatoms. The third kappa shape index (κ3) is 8.19. The number of benzene rings is 1. The molecular weight excluding hydrogens is 452 g/mol. The van der Waals surface area contributed by atoms with Gasteiger partial charge in [-0.1, -0.05) is 18.2 Å². The highest BCUT2D eigenvalue weighted by molar-refractivity contribution is 6.25. The number of aromatic amines is 1. The van der Waals surface area contributed by atoms with Gasteiger partial charge >= 0.3 is 18.2 Å². The number of rotatable bonds is 11. The average molecular weight is 485 g/mol. The van der Waals surface area contributed by atoms with E-state index in [0.29, 0.717) is 0 Å². The molecule has 0 unspecified atom stereocenters. The average Bonchev–Trinajstić information content (AvgIpc) is 3.17. The van der Waals surface area contributed by atoms with Gasteiger partial charge in [0.1, 0.15) is 6.04 Å². The lowest BCUT2D eigenvalue weighted by molar-refractivity contribution is -0.164. The van der Waals surface area contributed by atoms with Crippen LogP contribution in [0.4, 0.5) is 0 Å². The Morgan fingerprint density at radius 1 is 1.14 bits per heavy atom. The van der Waals surface area contributed by atoms with Crippen molar-refractivity contribution in [1.82, 2.24) is 10.3 Å². The highest BCUT2D eigenvalue weighted by Gasteiger charge is 2.33. The molecule has 188 valence electrons. The Morgan fingerprint density at radius 3 is 2.46 bits per heavy atom. The predicted octanol–water partition coefficient (Wildman–Crippen LogP) is 2.75. The second kappa shape index (κ2) is 12.1. The quantitative estimate of drug-likeness (QED) is 0.217. The maximum atomic E-state index is 13.3. The van der Waals surface area contributed by atoms with E-state index in [1.54, 1.807) is 40.8 Å². The topological polar surface area (TPSA) is 151 Å². The molecule has 0 saturated heterocycles. The van der Waals surface area contributed by atoms with Crippen molar-refractivity contribution in [2.24, 2.45) is 5.41 Å². The monoisotopic (exact) mass is 484 g/mol. The molecule has 0 fully saturated rings. The molecule has 2 N–H and O–H groups in total. The van der Waals surface area contributed by atoms with Crippen LogP contribution in [-0.2, 0) is 35.1 Å². The Bertz CT molecular complexity index is 1120. The standard InChI is InChI=1S/C25H32N4O6/c1-15(2)34-23(32)20(11-10-17(30)14-28-26)29-22(31)21(35-24(33)25(3,4)5)12-16-13-27-19-9-7-6-8-18(16)19/h6-9,13-15,20-21,27H,10-12H2,1-5H3,(H,29,31)/t20-,21-/m0/s1. The van der Waals surface area contributed by atoms with Crippen LogP contribution in [0.25, 0.3) is 16.4 Å². The number of nitrogens with one attached hydrogen (secondary N) is 2. The van der Waals surface area contributed by atoms with E-state index in [9.17, 15) is 19.2 Å². The number of H-pyrrole nitrogens is 1. The van der Waals surface area contributed by atoms with Crippen LogP contribution in [0.2, 0.25) is 0 Å². The molecule has 2 aromatic rings. The molecule has 1 aromatic carbocycles. The second-order valence-electron chi connectivity index (χ2n) is 9.50. The highest BCUT2D eigenvalue weighted by Crippen LogP contribution is 2.22. The molecule has 0 radical (unpaired) electrons. The first-order valence-electron chi connectivity index (χ1n) is 11.4. The first-order valence-corrected chi connectivity index (χ1v) is 11.4. The molecular formula is C25H32N4O6. The van der Waals surface area contributed by atoms with Crippen LogP contribution in [0.3, 0.4) is 0 Å². The van der Waals surface area contributed by atoms with Gasteiger partial charge < -0.3 is 25.3 Å². The zero-order valence-corrected chi connectivity index (χ0v) is 20.7. The summed E-state index contributed by atoms with van der Waals surface area (Å²) in [6.45, 7) is 8.34. The molecule has 1 aromatic heterocycles. The number of hydrogen-bond donors (Lipinski definition) is 2. The fraction of sp³-hybridized carbons (Fsp3) is 0.480. The second-order valence-corrected chi connectivity index (χ2v) is 9.50. The fourth-order valence-electron chi connectivity index (χ4n) is 3.24. The Labute approximate surface area is 204 Å². The largest absolute Gasteiger partial charge is 0.461 e. The van der Waals surface area contributed by atoms with E-state index in [1.165, 1.54) is 0 Å². The Hall–Kier alpha value is -3.78. The van der Waals surface area contributed by atoms with Crippen molar-refractivity contribution in [3.8, 4) is 0 Å². The van der Waals surface area contributed by atoms with Gasteiger partial charge in [0.2, 0.25) is 5.78 Å². The lowest BCUT2D eigenvalue weighted by atomic mass is 9.97. The lowest BCUT2D eigenvalue weighted by Gasteiger charge is -2.25. The van der Waals surface area contributed by atoms with Crippen molar-refractivity contribution >= 4 is 40.7 Å². The summed E-state index contributed by atoms with van der Waals surface area (Å²) in [6.07, 6.45) is 0.596. The summed E-state index contributed by atoms with van der Waals surface area (Å²) in [6, 6.07) is 6.35. The number of ketones is 1. The number of carbonyl (C=O) groups is 4. The minimum atomic E-state index is -1.23. The molecule has 0 aliphatic heterocycles. The van der Waals surface area contributed by atoms with E-state index in [2.05, 4.69) is 15.1 Å². The summed E-state index contributed by atoms with van der Waals surface area (Å²) in [4.78, 5) is 56.1. The summed E-state index contributed by atoms with van der Waals surface area (Å²) in [5, 5.41) is 3.45. The number of fused-ring (bicyclic) bond motifs is 1. The molecule has 0 aliphatic carbocycles. The summed E-state index contributed by atoms with van der Waals surface area (Å²) >= 11 is 0. The normalized spacial score (nSPS) is 13.0. The zero-order chi connectivity index (χ0) is 26.2. The van der Waals surface area contributed by atoms with Crippen molar-refractivity contribution in [2.75, 3.05) is 0 Å². The van der Waals surface area contributed by atoms with Gasteiger partial charge in [-0.25, -0.2) is 4.79 Å². The zero-order valence-electron chi connectivity index (χ0n) is 20.7. The minimum Gasteiger partial charge on any atom is -0.461 e. The molecule has 0 bridgehead atoms. The SMILES string of the molecule is CC(C)OC(=O)[C@H](CCC(=O)C=[N+]=[N-])NC(=O)[C@H](Cc1c[nH]c2ccccc12)OC(=O)C(C)(C)C. The van der Waals surface area contributed by atoms with E-state index in [4.69, 9.17) is 15.0 Å². The Morgan fingerprint density at radius 2 is 1.83 bits per heavy atom. The van der Waals surface area contributed by atoms with Gasteiger partial charge in [0.05, 0.1) is 11.5 Å². The van der Waals surface area contributed by atoms with Crippen molar-refractivity contribution in [1.29, 1.82) is 0 Å². The number of para-hydroxylation sites is 1. The van der Waals surface area contributed by atoms with Gasteiger partial charge in [0, 0.05) is 29.9 Å². The number of hydrogen-bond acceptors (Lipinski definition) is 6. The van der Waals surface area contributed by atoms with Crippen molar-refractivity contribution in [3.05, 3.63) is 41.6 Å². The third-order valence-electron chi connectivity index (χ3n) is 5.07. The fourth-order valence-corrected chi connectivity index (χ4v) is 3.24. The molecule has 0 saturated carbocycles. The van der Waals surface area contributed by atoms with Crippen LogP contribution in [0, 0.1) is 5.41 Å². The smallest absolute Gasteiger partial charge is 0.328 e. The van der Waals surface area contributed by atoms with E-state index < -0.39 is 47.3 Å². The highest BCUT2D eigenvalue weighted by atomic mass is 16.6. The number of amides is 1. The molecule has 1 amide bonds. The van der Waals surface area contributed by atoms with Gasteiger partial charge in [0.25, 0.3) is 5.91 Å². The molecule has 2 atom stereocenters. The molecule has 10 nitrogen and oxygen atoms in total. The number of ether oxygens (including phenoxy) is 2. The van der Waals surface area contributed by atoms with Gasteiger partial charge in [-0.2, -0.15) is 4.79 Å². The van der Waals surface area contributed by atoms with Crippen LogP contribution in [-0.4, -0.2) is 57.9 Å². The number of aromatic nitrogens is 1. The van der Waals surface area contributed by atoms with Crippen LogP contribution in [0.15, 0.2) is 30.5 Å². The summed E-state index contributed by atoms with van der Waals surface area (Å²) in [5.41, 5.74) is 9.30. The summed E-state index contributed by atoms with van der Waals surface area (Å²) in [7, 11) is 0. The van der Waals surface area contributed by atoms with Crippen molar-refractivity contribution < 1.29 is 33.4 Å². The predicted molar refractivity (Wildman–Crippen MR) is 128 cm³/mol. The van der Waals surface area contributed by atoms with Gasteiger partial charge in [-0.05, 0) is 52.7 Å². The maximum absolute atomic E-state index is 13.3. The van der Waals surface area contributed by atoms with E-state index in [1.807, 2.05) is 24.3 Å². The Balaban J connectivity index is 2.29. The van der Waals surface area contributed by atoms with Gasteiger partial charge in [-0.3, -0.25) is 14.4 Å².